The van der Waals surface area contributed by atoms with E-state index in [-0.39, 0.29) is 11.9 Å². The number of thioether (sulfide) groups is 1. The fourth-order valence-corrected chi connectivity index (χ4v) is 4.32. The van der Waals surface area contributed by atoms with E-state index in [0.29, 0.717) is 35.5 Å². The van der Waals surface area contributed by atoms with Crippen molar-refractivity contribution < 1.29 is 14.3 Å². The average molecular weight is 371 g/mol. The van der Waals surface area contributed by atoms with Crippen LogP contribution in [0.3, 0.4) is 0 Å². The number of rotatable bonds is 4. The van der Waals surface area contributed by atoms with Gasteiger partial charge in [0.2, 0.25) is 0 Å². The first kappa shape index (κ1) is 17.1. The number of benzene rings is 1. The van der Waals surface area contributed by atoms with Crippen molar-refractivity contribution in [3.8, 4) is 11.5 Å². The Kier molecular flexibility index (Phi) is 5.24. The summed E-state index contributed by atoms with van der Waals surface area (Å²) in [5.74, 6) is 1.30. The van der Waals surface area contributed by atoms with Crippen molar-refractivity contribution in [1.29, 1.82) is 0 Å². The summed E-state index contributed by atoms with van der Waals surface area (Å²) in [7, 11) is 0. The van der Waals surface area contributed by atoms with Crippen LogP contribution in [-0.2, 0) is 0 Å². The van der Waals surface area contributed by atoms with Crippen LogP contribution in [0.4, 0.5) is 0 Å². The lowest BCUT2D eigenvalue weighted by Crippen LogP contribution is -2.38. The van der Waals surface area contributed by atoms with Gasteiger partial charge in [-0.3, -0.25) is 4.79 Å². The standard InChI is InChI=1S/C19H21N3O3S/c23-18(13-2-7-16-17(12-13)25-11-10-24-16)22-14-3-5-15(6-4-14)26-19-20-8-1-9-21-19/h1-2,7-9,12,14-15H,3-6,10-11H2,(H,22,23). The molecule has 1 fully saturated rings. The molecule has 1 amide bonds. The van der Waals surface area contributed by atoms with Gasteiger partial charge >= 0.3 is 0 Å². The van der Waals surface area contributed by atoms with Gasteiger partial charge in [-0.05, 0) is 49.9 Å². The predicted octanol–water partition coefficient (Wildman–Crippen LogP) is 3.08. The molecule has 2 heterocycles. The van der Waals surface area contributed by atoms with Crippen LogP contribution in [0, 0.1) is 0 Å². The van der Waals surface area contributed by atoms with Crippen LogP contribution in [0.15, 0.2) is 41.8 Å². The maximum absolute atomic E-state index is 12.5. The summed E-state index contributed by atoms with van der Waals surface area (Å²) in [6.07, 6.45) is 7.59. The fourth-order valence-electron chi connectivity index (χ4n) is 3.27. The zero-order chi connectivity index (χ0) is 17.8. The number of amides is 1. The molecular formula is C19H21N3O3S. The second-order valence-electron chi connectivity index (χ2n) is 6.45. The van der Waals surface area contributed by atoms with Crippen molar-refractivity contribution in [2.75, 3.05) is 13.2 Å². The number of carbonyl (C=O) groups excluding carboxylic acids is 1. The number of hydrogen-bond acceptors (Lipinski definition) is 6. The van der Waals surface area contributed by atoms with E-state index in [2.05, 4.69) is 15.3 Å². The summed E-state index contributed by atoms with van der Waals surface area (Å²) < 4.78 is 11.1. The second kappa shape index (κ2) is 7.95. The first-order valence-corrected chi connectivity index (χ1v) is 9.80. The van der Waals surface area contributed by atoms with Crippen molar-refractivity contribution in [3.05, 3.63) is 42.2 Å². The van der Waals surface area contributed by atoms with Crippen LogP contribution < -0.4 is 14.8 Å². The smallest absolute Gasteiger partial charge is 0.251 e. The maximum Gasteiger partial charge on any atom is 0.251 e. The Morgan fingerprint density at radius 1 is 1.04 bits per heavy atom. The Morgan fingerprint density at radius 2 is 1.77 bits per heavy atom. The van der Waals surface area contributed by atoms with Gasteiger partial charge in [-0.1, -0.05) is 11.8 Å². The highest BCUT2D eigenvalue weighted by Gasteiger charge is 2.24. The molecule has 0 atom stereocenters. The van der Waals surface area contributed by atoms with Gasteiger partial charge < -0.3 is 14.8 Å². The molecule has 4 rings (SSSR count). The van der Waals surface area contributed by atoms with E-state index in [0.717, 1.165) is 30.8 Å². The van der Waals surface area contributed by atoms with Gasteiger partial charge in [0.1, 0.15) is 13.2 Å². The first-order valence-electron chi connectivity index (χ1n) is 8.92. The summed E-state index contributed by atoms with van der Waals surface area (Å²) in [5.41, 5.74) is 0.614. The van der Waals surface area contributed by atoms with Crippen molar-refractivity contribution in [1.82, 2.24) is 15.3 Å². The number of fused-ring (bicyclic) bond motifs is 1. The monoisotopic (exact) mass is 371 g/mol. The van der Waals surface area contributed by atoms with Gasteiger partial charge in [-0.25, -0.2) is 9.97 Å². The molecular weight excluding hydrogens is 350 g/mol. The van der Waals surface area contributed by atoms with Crippen molar-refractivity contribution >= 4 is 17.7 Å². The Labute approximate surface area is 156 Å². The zero-order valence-electron chi connectivity index (χ0n) is 14.4. The van der Waals surface area contributed by atoms with Gasteiger partial charge in [-0.15, -0.1) is 0 Å². The Hall–Kier alpha value is -2.28. The SMILES string of the molecule is O=C(NC1CCC(Sc2ncccn2)CC1)c1ccc2c(c1)OCCO2. The first-order chi connectivity index (χ1) is 12.8. The molecule has 0 spiro atoms. The summed E-state index contributed by atoms with van der Waals surface area (Å²) in [5, 5.41) is 4.49. The third-order valence-electron chi connectivity index (χ3n) is 4.63. The number of carbonyl (C=O) groups is 1. The Morgan fingerprint density at radius 3 is 2.54 bits per heavy atom. The van der Waals surface area contributed by atoms with E-state index >= 15 is 0 Å². The minimum absolute atomic E-state index is 0.0514. The van der Waals surface area contributed by atoms with E-state index in [1.165, 1.54) is 0 Å². The van der Waals surface area contributed by atoms with Gasteiger partial charge in [-0.2, -0.15) is 0 Å². The number of aromatic nitrogens is 2. The van der Waals surface area contributed by atoms with Gasteiger partial charge in [0.25, 0.3) is 5.91 Å². The number of nitrogens with one attached hydrogen (secondary N) is 1. The number of hydrogen-bond donors (Lipinski definition) is 1. The molecule has 1 saturated carbocycles. The maximum atomic E-state index is 12.5. The highest BCUT2D eigenvalue weighted by atomic mass is 32.2. The Balaban J connectivity index is 1.29. The summed E-state index contributed by atoms with van der Waals surface area (Å²) >= 11 is 1.73. The molecule has 1 aliphatic heterocycles. The fraction of sp³-hybridized carbons (Fsp3) is 0.421. The molecule has 7 heteroatoms. The molecule has 1 N–H and O–H groups in total. The van der Waals surface area contributed by atoms with Gasteiger partial charge in [0, 0.05) is 29.2 Å². The molecule has 0 unspecified atom stereocenters. The summed E-state index contributed by atoms with van der Waals surface area (Å²) in [6, 6.07) is 7.39. The largest absolute Gasteiger partial charge is 0.486 e. The predicted molar refractivity (Wildman–Crippen MR) is 98.8 cm³/mol. The minimum atomic E-state index is -0.0514. The van der Waals surface area contributed by atoms with Crippen molar-refractivity contribution in [3.63, 3.8) is 0 Å². The molecule has 136 valence electrons. The molecule has 0 bridgehead atoms. The van der Waals surface area contributed by atoms with Crippen LogP contribution in [0.1, 0.15) is 36.0 Å². The number of ether oxygens (including phenoxy) is 2. The molecule has 26 heavy (non-hydrogen) atoms. The van der Waals surface area contributed by atoms with Crippen LogP contribution in [0.5, 0.6) is 11.5 Å². The second-order valence-corrected chi connectivity index (χ2v) is 7.72. The molecule has 0 radical (unpaired) electrons. The number of nitrogens with zero attached hydrogens (tertiary/aromatic N) is 2. The van der Waals surface area contributed by atoms with Gasteiger partial charge in [0.05, 0.1) is 0 Å². The van der Waals surface area contributed by atoms with Crippen molar-refractivity contribution in [2.24, 2.45) is 0 Å². The van der Waals surface area contributed by atoms with E-state index in [1.54, 1.807) is 42.4 Å². The molecule has 2 aromatic rings. The minimum Gasteiger partial charge on any atom is -0.486 e. The molecule has 1 aliphatic carbocycles. The van der Waals surface area contributed by atoms with Crippen LogP contribution in [0.25, 0.3) is 0 Å². The third-order valence-corrected chi connectivity index (χ3v) is 5.85. The average Bonchev–Trinajstić information content (AvgIpc) is 2.70. The topological polar surface area (TPSA) is 73.3 Å². The third kappa shape index (κ3) is 4.09. The lowest BCUT2D eigenvalue weighted by molar-refractivity contribution is 0.0927. The lowest BCUT2D eigenvalue weighted by Gasteiger charge is -2.28. The van der Waals surface area contributed by atoms with Crippen LogP contribution >= 0.6 is 11.8 Å². The molecule has 1 aromatic heterocycles. The highest BCUT2D eigenvalue weighted by Crippen LogP contribution is 2.33. The lowest BCUT2D eigenvalue weighted by atomic mass is 9.94. The quantitative estimate of drug-likeness (QED) is 0.833. The zero-order valence-corrected chi connectivity index (χ0v) is 15.2. The van der Waals surface area contributed by atoms with Crippen LogP contribution in [0.2, 0.25) is 0 Å². The van der Waals surface area contributed by atoms with Crippen LogP contribution in [-0.4, -0.2) is 40.4 Å². The normalized spacial score (nSPS) is 21.8. The van der Waals surface area contributed by atoms with E-state index < -0.39 is 0 Å². The van der Waals surface area contributed by atoms with Crippen molar-refractivity contribution in [2.45, 2.75) is 42.1 Å². The molecule has 2 aliphatic rings. The molecule has 6 nitrogen and oxygen atoms in total. The van der Waals surface area contributed by atoms with E-state index in [4.69, 9.17) is 9.47 Å². The highest BCUT2D eigenvalue weighted by molar-refractivity contribution is 7.99. The Bertz CT molecular complexity index is 764. The summed E-state index contributed by atoms with van der Waals surface area (Å²) in [6.45, 7) is 1.07. The van der Waals surface area contributed by atoms with E-state index in [9.17, 15) is 4.79 Å². The van der Waals surface area contributed by atoms with Gasteiger partial charge in [0.15, 0.2) is 16.7 Å². The van der Waals surface area contributed by atoms with E-state index in [1.807, 2.05) is 6.07 Å². The molecule has 1 aromatic carbocycles. The molecule has 0 saturated heterocycles. The summed E-state index contributed by atoms with van der Waals surface area (Å²) in [4.78, 5) is 21.1.